The summed E-state index contributed by atoms with van der Waals surface area (Å²) in [6.45, 7) is 2.22. The number of aryl methyl sites for hydroxylation is 1. The SMILES string of the molecule is CN=C(NCCC(=O)Nc1cccc(C)n1)NCc1nc(C(F)(F)F)cs1. The molecule has 0 bridgehead atoms. The number of halogens is 3. The molecule has 2 rings (SSSR count). The maximum Gasteiger partial charge on any atom is 0.434 e. The summed E-state index contributed by atoms with van der Waals surface area (Å²) in [6, 6.07) is 5.32. The third-order valence-electron chi connectivity index (χ3n) is 3.27. The predicted molar refractivity (Wildman–Crippen MR) is 97.5 cm³/mol. The molecule has 11 heteroatoms. The first-order chi connectivity index (χ1) is 12.8. The highest BCUT2D eigenvalue weighted by Gasteiger charge is 2.33. The molecule has 3 N–H and O–H groups in total. The molecule has 0 atom stereocenters. The first-order valence-corrected chi connectivity index (χ1v) is 8.85. The molecule has 146 valence electrons. The van der Waals surface area contributed by atoms with E-state index in [9.17, 15) is 18.0 Å². The number of carbonyl (C=O) groups excluding carboxylic acids is 1. The molecular weight excluding hydrogens is 381 g/mol. The summed E-state index contributed by atoms with van der Waals surface area (Å²) < 4.78 is 37.6. The maximum absolute atomic E-state index is 12.5. The van der Waals surface area contributed by atoms with E-state index in [0.29, 0.717) is 18.3 Å². The van der Waals surface area contributed by atoms with Crippen molar-refractivity contribution in [3.8, 4) is 0 Å². The molecule has 27 heavy (non-hydrogen) atoms. The molecule has 0 saturated heterocycles. The zero-order chi connectivity index (χ0) is 19.9. The molecule has 0 fully saturated rings. The van der Waals surface area contributed by atoms with E-state index in [2.05, 4.69) is 30.9 Å². The number of anilines is 1. The van der Waals surface area contributed by atoms with E-state index in [1.165, 1.54) is 7.05 Å². The second-order valence-corrected chi connectivity index (χ2v) is 6.38. The van der Waals surface area contributed by atoms with Crippen molar-refractivity contribution < 1.29 is 18.0 Å². The summed E-state index contributed by atoms with van der Waals surface area (Å²) in [7, 11) is 1.52. The van der Waals surface area contributed by atoms with Crippen LogP contribution in [0.3, 0.4) is 0 Å². The number of aromatic nitrogens is 2. The van der Waals surface area contributed by atoms with Crippen LogP contribution in [0.25, 0.3) is 0 Å². The summed E-state index contributed by atoms with van der Waals surface area (Å²) in [5, 5.41) is 9.71. The van der Waals surface area contributed by atoms with Gasteiger partial charge in [0.15, 0.2) is 11.7 Å². The molecule has 0 spiro atoms. The lowest BCUT2D eigenvalue weighted by Crippen LogP contribution is -2.38. The van der Waals surface area contributed by atoms with Gasteiger partial charge in [0.05, 0.1) is 6.54 Å². The molecule has 0 saturated carbocycles. The molecule has 2 heterocycles. The molecule has 0 aliphatic heterocycles. The van der Waals surface area contributed by atoms with E-state index in [1.807, 2.05) is 13.0 Å². The van der Waals surface area contributed by atoms with Crippen LogP contribution in [0.1, 0.15) is 22.8 Å². The minimum absolute atomic E-state index is 0.0971. The Kier molecular flexibility index (Phi) is 7.11. The topological polar surface area (TPSA) is 91.3 Å². The number of guanidine groups is 1. The fraction of sp³-hybridized carbons (Fsp3) is 0.375. The van der Waals surface area contributed by atoms with E-state index in [4.69, 9.17) is 0 Å². The Labute approximate surface area is 158 Å². The largest absolute Gasteiger partial charge is 0.434 e. The Morgan fingerprint density at radius 3 is 2.67 bits per heavy atom. The number of alkyl halides is 3. The molecule has 0 aliphatic carbocycles. The first-order valence-electron chi connectivity index (χ1n) is 7.97. The first kappa shape index (κ1) is 20.6. The molecule has 0 aliphatic rings. The summed E-state index contributed by atoms with van der Waals surface area (Å²) in [4.78, 5) is 23.6. The molecule has 0 aromatic carbocycles. The third kappa shape index (κ3) is 6.85. The number of aliphatic imine (C=N–C) groups is 1. The number of thiazole rings is 1. The van der Waals surface area contributed by atoms with Gasteiger partial charge in [-0.15, -0.1) is 11.3 Å². The summed E-state index contributed by atoms with van der Waals surface area (Å²) >= 11 is 0.913. The smallest absolute Gasteiger partial charge is 0.356 e. The van der Waals surface area contributed by atoms with Crippen LogP contribution in [-0.2, 0) is 17.5 Å². The second-order valence-electron chi connectivity index (χ2n) is 5.44. The predicted octanol–water partition coefficient (Wildman–Crippen LogP) is 2.56. The van der Waals surface area contributed by atoms with Crippen molar-refractivity contribution in [1.29, 1.82) is 0 Å². The van der Waals surface area contributed by atoms with Gasteiger partial charge in [0.2, 0.25) is 5.91 Å². The van der Waals surface area contributed by atoms with Gasteiger partial charge in [0, 0.05) is 31.1 Å². The molecule has 2 aromatic heterocycles. The Morgan fingerprint density at radius 2 is 2.04 bits per heavy atom. The molecule has 0 unspecified atom stereocenters. The van der Waals surface area contributed by atoms with Gasteiger partial charge in [0.25, 0.3) is 0 Å². The summed E-state index contributed by atoms with van der Waals surface area (Å²) in [5.41, 5.74) is -0.111. The van der Waals surface area contributed by atoms with E-state index >= 15 is 0 Å². The van der Waals surface area contributed by atoms with Crippen molar-refractivity contribution in [1.82, 2.24) is 20.6 Å². The van der Waals surface area contributed by atoms with Gasteiger partial charge in [-0.3, -0.25) is 9.79 Å². The molecule has 7 nitrogen and oxygen atoms in total. The van der Waals surface area contributed by atoms with Gasteiger partial charge >= 0.3 is 6.18 Å². The zero-order valence-electron chi connectivity index (χ0n) is 14.7. The number of rotatable bonds is 6. The van der Waals surface area contributed by atoms with Crippen molar-refractivity contribution in [2.24, 2.45) is 4.99 Å². The Morgan fingerprint density at radius 1 is 1.26 bits per heavy atom. The quantitative estimate of drug-likeness (QED) is 0.512. The van der Waals surface area contributed by atoms with Crippen LogP contribution < -0.4 is 16.0 Å². The summed E-state index contributed by atoms with van der Waals surface area (Å²) in [6.07, 6.45) is -4.28. The summed E-state index contributed by atoms with van der Waals surface area (Å²) in [5.74, 6) is 0.623. The minimum Gasteiger partial charge on any atom is -0.356 e. The van der Waals surface area contributed by atoms with E-state index < -0.39 is 11.9 Å². The van der Waals surface area contributed by atoms with Crippen LogP contribution in [0.4, 0.5) is 19.0 Å². The number of nitrogens with one attached hydrogen (secondary N) is 3. The minimum atomic E-state index is -4.45. The molecule has 2 aromatic rings. The zero-order valence-corrected chi connectivity index (χ0v) is 15.5. The normalized spacial score (nSPS) is 12.0. The van der Waals surface area contributed by atoms with Crippen molar-refractivity contribution in [3.63, 3.8) is 0 Å². The van der Waals surface area contributed by atoms with Crippen LogP contribution in [0, 0.1) is 6.92 Å². The lowest BCUT2D eigenvalue weighted by molar-refractivity contribution is -0.140. The van der Waals surface area contributed by atoms with Gasteiger partial charge in [-0.25, -0.2) is 9.97 Å². The number of pyridine rings is 1. The van der Waals surface area contributed by atoms with Crippen LogP contribution >= 0.6 is 11.3 Å². The number of amides is 1. The Balaban J connectivity index is 1.74. The second kappa shape index (κ2) is 9.31. The van der Waals surface area contributed by atoms with Crippen molar-refractivity contribution in [2.45, 2.75) is 26.1 Å². The van der Waals surface area contributed by atoms with Crippen molar-refractivity contribution in [2.75, 3.05) is 18.9 Å². The highest BCUT2D eigenvalue weighted by atomic mass is 32.1. The average Bonchev–Trinajstić information content (AvgIpc) is 3.07. The number of hydrogen-bond acceptors (Lipinski definition) is 5. The number of nitrogens with zero attached hydrogens (tertiary/aromatic N) is 3. The van der Waals surface area contributed by atoms with Crippen LogP contribution in [0.2, 0.25) is 0 Å². The lowest BCUT2D eigenvalue weighted by Gasteiger charge is -2.11. The van der Waals surface area contributed by atoms with Crippen LogP contribution in [0.5, 0.6) is 0 Å². The van der Waals surface area contributed by atoms with Gasteiger partial charge in [-0.2, -0.15) is 13.2 Å². The Bertz CT molecular complexity index is 805. The molecule has 0 radical (unpaired) electrons. The Hall–Kier alpha value is -2.69. The van der Waals surface area contributed by atoms with E-state index in [0.717, 1.165) is 22.4 Å². The van der Waals surface area contributed by atoms with Crippen molar-refractivity contribution >= 4 is 29.0 Å². The van der Waals surface area contributed by atoms with Crippen LogP contribution in [0.15, 0.2) is 28.6 Å². The number of hydrogen-bond donors (Lipinski definition) is 3. The number of carbonyl (C=O) groups is 1. The molecule has 1 amide bonds. The van der Waals surface area contributed by atoms with Gasteiger partial charge < -0.3 is 16.0 Å². The monoisotopic (exact) mass is 400 g/mol. The standard InChI is InChI=1S/C16H19F3N6OS/c1-10-4-3-5-12(23-10)25-13(26)6-7-21-15(20-2)22-8-14-24-11(9-27-14)16(17,18)19/h3-5,9H,6-8H2,1-2H3,(H2,20,21,22)(H,23,25,26). The van der Waals surface area contributed by atoms with Crippen molar-refractivity contribution in [3.05, 3.63) is 40.0 Å². The highest BCUT2D eigenvalue weighted by molar-refractivity contribution is 7.09. The van der Waals surface area contributed by atoms with Crippen LogP contribution in [-0.4, -0.2) is 35.4 Å². The lowest BCUT2D eigenvalue weighted by atomic mass is 10.3. The van der Waals surface area contributed by atoms with E-state index in [1.54, 1.807) is 12.1 Å². The fourth-order valence-corrected chi connectivity index (χ4v) is 2.76. The van der Waals surface area contributed by atoms with Gasteiger partial charge in [-0.05, 0) is 19.1 Å². The fourth-order valence-electron chi connectivity index (χ4n) is 2.01. The van der Waals surface area contributed by atoms with Gasteiger partial charge in [-0.1, -0.05) is 6.07 Å². The average molecular weight is 400 g/mol. The maximum atomic E-state index is 12.5. The third-order valence-corrected chi connectivity index (χ3v) is 4.12. The molecular formula is C16H19F3N6OS. The van der Waals surface area contributed by atoms with E-state index in [-0.39, 0.29) is 23.9 Å². The van der Waals surface area contributed by atoms with Gasteiger partial charge in [0.1, 0.15) is 10.8 Å². The highest BCUT2D eigenvalue weighted by Crippen LogP contribution is 2.29.